The summed E-state index contributed by atoms with van der Waals surface area (Å²) in [7, 11) is 1.92. The number of aryl methyl sites for hydroxylation is 2. The topological polar surface area (TPSA) is 77.0 Å². The number of fused-ring (bicyclic) bond motifs is 1. The third-order valence-electron chi connectivity index (χ3n) is 5.93. The molecule has 0 bridgehead atoms. The second-order valence-electron chi connectivity index (χ2n) is 8.13. The van der Waals surface area contributed by atoms with Crippen molar-refractivity contribution in [3.8, 4) is 11.1 Å². The smallest absolute Gasteiger partial charge is 0.227 e. The van der Waals surface area contributed by atoms with E-state index in [4.69, 9.17) is 5.73 Å². The van der Waals surface area contributed by atoms with E-state index < -0.39 is 0 Å². The summed E-state index contributed by atoms with van der Waals surface area (Å²) in [4.78, 5) is 22.9. The SMILES string of the molecule is Cc1cc(F)cc(C2CC(=O)N(c3ccc(-c4cn(C)c5ncnc(N)c45)cc3)C2)c1. The van der Waals surface area contributed by atoms with Gasteiger partial charge in [0.05, 0.1) is 5.39 Å². The van der Waals surface area contributed by atoms with E-state index in [1.807, 2.05) is 55.1 Å². The number of rotatable bonds is 3. The molecule has 6 nitrogen and oxygen atoms in total. The van der Waals surface area contributed by atoms with Crippen LogP contribution in [-0.2, 0) is 11.8 Å². The summed E-state index contributed by atoms with van der Waals surface area (Å²) in [5, 5.41) is 0.816. The van der Waals surface area contributed by atoms with Crippen LogP contribution in [0.5, 0.6) is 0 Å². The standard InChI is InChI=1S/C24H22FN5O/c1-14-7-16(9-18(25)8-14)17-10-21(31)30(11-17)19-5-3-15(4-6-19)20-12-29(2)24-22(20)23(26)27-13-28-24/h3-9,12-13,17H,10-11H2,1-2H3,(H2,26,27,28). The van der Waals surface area contributed by atoms with E-state index in [0.717, 1.165) is 39.0 Å². The molecule has 1 saturated heterocycles. The van der Waals surface area contributed by atoms with Crippen molar-refractivity contribution < 1.29 is 9.18 Å². The molecule has 7 heteroatoms. The minimum Gasteiger partial charge on any atom is -0.383 e. The van der Waals surface area contributed by atoms with Crippen molar-refractivity contribution in [3.05, 3.63) is 71.9 Å². The number of aromatic nitrogens is 3. The zero-order chi connectivity index (χ0) is 21.7. The third kappa shape index (κ3) is 3.32. The zero-order valence-corrected chi connectivity index (χ0v) is 17.3. The van der Waals surface area contributed by atoms with E-state index in [0.29, 0.717) is 18.8 Å². The van der Waals surface area contributed by atoms with Gasteiger partial charge >= 0.3 is 0 Å². The molecule has 3 heterocycles. The van der Waals surface area contributed by atoms with Gasteiger partial charge in [0.25, 0.3) is 0 Å². The normalized spacial score (nSPS) is 16.4. The first-order valence-electron chi connectivity index (χ1n) is 10.1. The van der Waals surface area contributed by atoms with Crippen LogP contribution in [0.1, 0.15) is 23.5 Å². The molecule has 2 N–H and O–H groups in total. The van der Waals surface area contributed by atoms with E-state index in [1.54, 1.807) is 4.90 Å². The molecular formula is C24H22FN5O. The highest BCUT2D eigenvalue weighted by molar-refractivity contribution is 6.01. The molecule has 1 fully saturated rings. The molecule has 1 unspecified atom stereocenters. The van der Waals surface area contributed by atoms with Crippen molar-refractivity contribution in [1.82, 2.24) is 14.5 Å². The Morgan fingerprint density at radius 3 is 2.65 bits per heavy atom. The molecular weight excluding hydrogens is 393 g/mol. The number of hydrogen-bond acceptors (Lipinski definition) is 4. The van der Waals surface area contributed by atoms with E-state index >= 15 is 0 Å². The molecule has 156 valence electrons. The molecule has 5 rings (SSSR count). The van der Waals surface area contributed by atoms with Gasteiger partial charge in [-0.1, -0.05) is 18.2 Å². The van der Waals surface area contributed by atoms with E-state index in [2.05, 4.69) is 9.97 Å². The van der Waals surface area contributed by atoms with Gasteiger partial charge in [0.15, 0.2) is 0 Å². The highest BCUT2D eigenvalue weighted by Gasteiger charge is 2.32. The summed E-state index contributed by atoms with van der Waals surface area (Å²) >= 11 is 0. The molecule has 1 aliphatic heterocycles. The summed E-state index contributed by atoms with van der Waals surface area (Å²) < 4.78 is 15.8. The molecule has 2 aromatic heterocycles. The molecule has 1 atom stereocenters. The Kier molecular flexibility index (Phi) is 4.46. The predicted octanol–water partition coefficient (Wildman–Crippen LogP) is 4.19. The lowest BCUT2D eigenvalue weighted by Crippen LogP contribution is -2.24. The molecule has 31 heavy (non-hydrogen) atoms. The summed E-state index contributed by atoms with van der Waals surface area (Å²) in [6.07, 6.45) is 3.82. The maximum atomic E-state index is 13.8. The number of carbonyl (C=O) groups is 1. The van der Waals surface area contributed by atoms with E-state index in [9.17, 15) is 9.18 Å². The average molecular weight is 415 g/mol. The number of amides is 1. The van der Waals surface area contributed by atoms with Crippen molar-refractivity contribution in [2.75, 3.05) is 17.2 Å². The summed E-state index contributed by atoms with van der Waals surface area (Å²) in [6, 6.07) is 12.8. The van der Waals surface area contributed by atoms with Crippen LogP contribution < -0.4 is 10.6 Å². The highest BCUT2D eigenvalue weighted by Crippen LogP contribution is 2.36. The van der Waals surface area contributed by atoms with Crippen LogP contribution in [0.15, 0.2) is 55.0 Å². The van der Waals surface area contributed by atoms with Gasteiger partial charge in [-0.05, 0) is 47.9 Å². The monoisotopic (exact) mass is 415 g/mol. The molecule has 0 radical (unpaired) electrons. The number of benzene rings is 2. The zero-order valence-electron chi connectivity index (χ0n) is 17.3. The highest BCUT2D eigenvalue weighted by atomic mass is 19.1. The second-order valence-corrected chi connectivity index (χ2v) is 8.13. The maximum absolute atomic E-state index is 13.8. The molecule has 0 aliphatic carbocycles. The lowest BCUT2D eigenvalue weighted by atomic mass is 9.96. The molecule has 4 aromatic rings. The van der Waals surface area contributed by atoms with Crippen LogP contribution >= 0.6 is 0 Å². The van der Waals surface area contributed by atoms with Crippen LogP contribution in [0.3, 0.4) is 0 Å². The number of anilines is 2. The fraction of sp³-hybridized carbons (Fsp3) is 0.208. The molecule has 1 aliphatic rings. The Labute approximate surface area is 179 Å². The first-order valence-corrected chi connectivity index (χ1v) is 10.1. The van der Waals surface area contributed by atoms with Crippen LogP contribution in [0.4, 0.5) is 15.9 Å². The van der Waals surface area contributed by atoms with E-state index in [1.165, 1.54) is 18.5 Å². The van der Waals surface area contributed by atoms with Crippen LogP contribution in [0.2, 0.25) is 0 Å². The maximum Gasteiger partial charge on any atom is 0.227 e. The fourth-order valence-corrected chi connectivity index (χ4v) is 4.46. The van der Waals surface area contributed by atoms with Gasteiger partial charge in [-0.15, -0.1) is 0 Å². The average Bonchev–Trinajstić information content (AvgIpc) is 3.29. The summed E-state index contributed by atoms with van der Waals surface area (Å²) in [5.74, 6) is 0.204. The molecule has 0 spiro atoms. The van der Waals surface area contributed by atoms with Crippen molar-refractivity contribution in [2.24, 2.45) is 7.05 Å². The van der Waals surface area contributed by atoms with Crippen molar-refractivity contribution in [2.45, 2.75) is 19.3 Å². The Morgan fingerprint density at radius 1 is 1.13 bits per heavy atom. The number of hydrogen-bond donors (Lipinski definition) is 1. The van der Waals surface area contributed by atoms with Crippen molar-refractivity contribution in [1.29, 1.82) is 0 Å². The molecule has 1 amide bonds. The number of nitrogens with two attached hydrogens (primary N) is 1. The van der Waals surface area contributed by atoms with Gasteiger partial charge in [-0.3, -0.25) is 4.79 Å². The van der Waals surface area contributed by atoms with Gasteiger partial charge < -0.3 is 15.2 Å². The van der Waals surface area contributed by atoms with Crippen molar-refractivity contribution >= 4 is 28.4 Å². The summed E-state index contributed by atoms with van der Waals surface area (Å²) in [6.45, 7) is 2.40. The predicted molar refractivity (Wildman–Crippen MR) is 119 cm³/mol. The Bertz CT molecular complexity index is 1290. The first-order chi connectivity index (χ1) is 14.9. The molecule has 0 saturated carbocycles. The fourth-order valence-electron chi connectivity index (χ4n) is 4.46. The number of halogens is 1. The lowest BCUT2D eigenvalue weighted by molar-refractivity contribution is -0.117. The Morgan fingerprint density at radius 2 is 1.90 bits per heavy atom. The Hall–Kier alpha value is -3.74. The number of nitrogens with zero attached hydrogens (tertiary/aromatic N) is 4. The second kappa shape index (κ2) is 7.19. The van der Waals surface area contributed by atoms with Gasteiger partial charge in [0.2, 0.25) is 5.91 Å². The Balaban J connectivity index is 1.44. The third-order valence-corrected chi connectivity index (χ3v) is 5.93. The quantitative estimate of drug-likeness (QED) is 0.544. The van der Waals surface area contributed by atoms with Crippen molar-refractivity contribution in [3.63, 3.8) is 0 Å². The van der Waals surface area contributed by atoms with Gasteiger partial charge in [-0.25, -0.2) is 14.4 Å². The first kappa shape index (κ1) is 19.2. The minimum absolute atomic E-state index is 0.0170. The van der Waals surface area contributed by atoms with Gasteiger partial charge in [-0.2, -0.15) is 0 Å². The van der Waals surface area contributed by atoms with Gasteiger partial charge in [0.1, 0.15) is 23.6 Å². The number of carbonyl (C=O) groups excluding carboxylic acids is 1. The van der Waals surface area contributed by atoms with Crippen LogP contribution in [0, 0.1) is 12.7 Å². The largest absolute Gasteiger partial charge is 0.383 e. The van der Waals surface area contributed by atoms with Crippen LogP contribution in [0.25, 0.3) is 22.2 Å². The molecule has 2 aromatic carbocycles. The number of nitrogen functional groups attached to an aromatic ring is 1. The van der Waals surface area contributed by atoms with E-state index in [-0.39, 0.29) is 17.6 Å². The summed E-state index contributed by atoms with van der Waals surface area (Å²) in [5.41, 5.74) is 11.4. The van der Waals surface area contributed by atoms with Gasteiger partial charge in [0, 0.05) is 43.4 Å². The lowest BCUT2D eigenvalue weighted by Gasteiger charge is -2.17. The minimum atomic E-state index is -0.261. The van der Waals surface area contributed by atoms with Crippen LogP contribution in [-0.4, -0.2) is 27.0 Å².